The lowest BCUT2D eigenvalue weighted by atomic mass is 9.92. The number of halogens is 1. The molecule has 4 rings (SSSR count). The van der Waals surface area contributed by atoms with E-state index in [1.165, 1.54) is 12.1 Å². The molecule has 0 spiro atoms. The molecule has 0 N–H and O–H groups in total. The first-order chi connectivity index (χ1) is 13.1. The fourth-order valence-corrected chi connectivity index (χ4v) is 3.59. The number of hydrogen-bond donors (Lipinski definition) is 0. The number of imidazole rings is 1. The first-order valence-corrected chi connectivity index (χ1v) is 9.16. The molecule has 3 heterocycles. The molecule has 0 aliphatic carbocycles. The van der Waals surface area contributed by atoms with Crippen molar-refractivity contribution in [1.29, 1.82) is 0 Å². The van der Waals surface area contributed by atoms with Crippen LogP contribution < -0.4 is 0 Å². The van der Waals surface area contributed by atoms with Gasteiger partial charge in [-0.1, -0.05) is 12.1 Å². The maximum atomic E-state index is 13.9. The smallest absolute Gasteiger partial charge is 0.223 e. The van der Waals surface area contributed by atoms with E-state index in [-0.39, 0.29) is 24.1 Å². The van der Waals surface area contributed by atoms with Crippen molar-refractivity contribution in [1.82, 2.24) is 14.3 Å². The van der Waals surface area contributed by atoms with E-state index in [2.05, 4.69) is 4.98 Å². The molecule has 1 aliphatic rings. The summed E-state index contributed by atoms with van der Waals surface area (Å²) in [5, 5.41) is 0. The molecule has 1 amide bonds. The van der Waals surface area contributed by atoms with Crippen LogP contribution in [-0.4, -0.2) is 46.5 Å². The average molecular weight is 367 g/mol. The maximum absolute atomic E-state index is 13.9. The Morgan fingerprint density at radius 2 is 2.07 bits per heavy atom. The van der Waals surface area contributed by atoms with E-state index in [1.54, 1.807) is 12.3 Å². The van der Waals surface area contributed by atoms with Crippen molar-refractivity contribution in [3.63, 3.8) is 0 Å². The van der Waals surface area contributed by atoms with E-state index in [1.807, 2.05) is 40.6 Å². The first-order valence-electron chi connectivity index (χ1n) is 9.16. The predicted molar refractivity (Wildman–Crippen MR) is 100 cm³/mol. The summed E-state index contributed by atoms with van der Waals surface area (Å²) in [5.74, 6) is -0.524. The zero-order valence-corrected chi connectivity index (χ0v) is 15.3. The van der Waals surface area contributed by atoms with Gasteiger partial charge in [0.1, 0.15) is 11.5 Å². The summed E-state index contributed by atoms with van der Waals surface area (Å²) in [5.41, 5.74) is 3.60. The van der Waals surface area contributed by atoms with Gasteiger partial charge in [-0.2, -0.15) is 0 Å². The minimum atomic E-state index is -0.305. The molecule has 6 heteroatoms. The number of nitrogens with zero attached hydrogens (tertiary/aromatic N) is 3. The molecule has 0 radical (unpaired) electrons. The number of morpholine rings is 1. The van der Waals surface area contributed by atoms with E-state index in [0.717, 1.165) is 22.5 Å². The Balaban J connectivity index is 1.72. The number of ether oxygens (including phenoxy) is 1. The summed E-state index contributed by atoms with van der Waals surface area (Å²) in [6, 6.07) is 10.5. The van der Waals surface area contributed by atoms with Crippen LogP contribution in [0, 0.1) is 12.7 Å². The SMILES string of the molecule is Cc1ccn2c(C(CC(=O)N3CCOCC3)c3cccc(F)c3)cnc2c1. The molecule has 1 unspecified atom stereocenters. The van der Waals surface area contributed by atoms with Gasteiger partial charge in [-0.15, -0.1) is 0 Å². The van der Waals surface area contributed by atoms with Crippen LogP contribution in [0.3, 0.4) is 0 Å². The van der Waals surface area contributed by atoms with Crippen LogP contribution in [0.4, 0.5) is 4.39 Å². The second kappa shape index (κ2) is 7.48. The second-order valence-electron chi connectivity index (χ2n) is 6.92. The number of amides is 1. The average Bonchev–Trinajstić information content (AvgIpc) is 3.09. The second-order valence-corrected chi connectivity index (χ2v) is 6.92. The van der Waals surface area contributed by atoms with Crippen LogP contribution in [0.2, 0.25) is 0 Å². The predicted octanol–water partition coefficient (Wildman–Crippen LogP) is 3.16. The zero-order chi connectivity index (χ0) is 18.8. The molecule has 5 nitrogen and oxygen atoms in total. The van der Waals surface area contributed by atoms with Crippen LogP contribution >= 0.6 is 0 Å². The summed E-state index contributed by atoms with van der Waals surface area (Å²) in [7, 11) is 0. The summed E-state index contributed by atoms with van der Waals surface area (Å²) < 4.78 is 21.2. The van der Waals surface area contributed by atoms with Crippen LogP contribution in [0.25, 0.3) is 5.65 Å². The first kappa shape index (κ1) is 17.7. The Hall–Kier alpha value is -2.73. The molecule has 140 valence electrons. The van der Waals surface area contributed by atoms with Crippen molar-refractivity contribution in [2.45, 2.75) is 19.3 Å². The van der Waals surface area contributed by atoms with Gasteiger partial charge in [0.05, 0.1) is 18.9 Å². The number of carbonyl (C=O) groups is 1. The highest BCUT2D eigenvalue weighted by Gasteiger charge is 2.26. The molecule has 0 bridgehead atoms. The Kier molecular flexibility index (Phi) is 4.90. The lowest BCUT2D eigenvalue weighted by Crippen LogP contribution is -2.41. The van der Waals surface area contributed by atoms with Crippen molar-refractivity contribution in [3.8, 4) is 0 Å². The minimum absolute atomic E-state index is 0.0506. The third-order valence-electron chi connectivity index (χ3n) is 5.05. The van der Waals surface area contributed by atoms with E-state index < -0.39 is 0 Å². The van der Waals surface area contributed by atoms with Gasteiger partial charge in [-0.05, 0) is 42.3 Å². The highest BCUT2D eigenvalue weighted by Crippen LogP contribution is 2.30. The Morgan fingerprint density at radius 1 is 1.26 bits per heavy atom. The summed E-state index contributed by atoms with van der Waals surface area (Å²) >= 11 is 0. The number of aromatic nitrogens is 2. The molecule has 2 aromatic heterocycles. The van der Waals surface area contributed by atoms with Crippen molar-refractivity contribution in [2.24, 2.45) is 0 Å². The van der Waals surface area contributed by atoms with Crippen LogP contribution in [0.5, 0.6) is 0 Å². The van der Waals surface area contributed by atoms with Gasteiger partial charge in [0.2, 0.25) is 5.91 Å². The van der Waals surface area contributed by atoms with Gasteiger partial charge < -0.3 is 14.0 Å². The van der Waals surface area contributed by atoms with Crippen LogP contribution in [-0.2, 0) is 9.53 Å². The number of carbonyl (C=O) groups excluding carboxylic acids is 1. The van der Waals surface area contributed by atoms with E-state index in [4.69, 9.17) is 4.74 Å². The fourth-order valence-electron chi connectivity index (χ4n) is 3.59. The molecule has 27 heavy (non-hydrogen) atoms. The molecule has 0 saturated carbocycles. The molecule has 1 saturated heterocycles. The Labute approximate surface area is 157 Å². The number of pyridine rings is 1. The summed E-state index contributed by atoms with van der Waals surface area (Å²) in [4.78, 5) is 19.2. The Morgan fingerprint density at radius 3 is 2.85 bits per heavy atom. The molecular weight excluding hydrogens is 345 g/mol. The molecular formula is C21H22FN3O2. The molecule has 1 fully saturated rings. The maximum Gasteiger partial charge on any atom is 0.223 e. The third kappa shape index (κ3) is 3.71. The number of fused-ring (bicyclic) bond motifs is 1. The minimum Gasteiger partial charge on any atom is -0.378 e. The van der Waals surface area contributed by atoms with E-state index >= 15 is 0 Å². The standard InChI is InChI=1S/C21H22FN3O2/c1-15-5-6-25-19(14-23-20(25)11-15)18(16-3-2-4-17(22)12-16)13-21(26)24-7-9-27-10-8-24/h2-6,11-12,14,18H,7-10,13H2,1H3. The normalized spacial score (nSPS) is 15.9. The van der Waals surface area contributed by atoms with Gasteiger partial charge in [-0.3, -0.25) is 4.79 Å². The topological polar surface area (TPSA) is 46.8 Å². The molecule has 1 atom stereocenters. The van der Waals surface area contributed by atoms with Gasteiger partial charge in [0.25, 0.3) is 0 Å². The monoisotopic (exact) mass is 367 g/mol. The van der Waals surface area contributed by atoms with Crippen LogP contribution in [0.1, 0.15) is 29.2 Å². The van der Waals surface area contributed by atoms with E-state index in [0.29, 0.717) is 26.3 Å². The van der Waals surface area contributed by atoms with Crippen molar-refractivity contribution >= 4 is 11.6 Å². The number of rotatable bonds is 4. The largest absolute Gasteiger partial charge is 0.378 e. The van der Waals surface area contributed by atoms with Gasteiger partial charge in [-0.25, -0.2) is 9.37 Å². The van der Waals surface area contributed by atoms with Crippen molar-refractivity contribution in [2.75, 3.05) is 26.3 Å². The van der Waals surface area contributed by atoms with E-state index in [9.17, 15) is 9.18 Å². The van der Waals surface area contributed by atoms with Gasteiger partial charge in [0.15, 0.2) is 0 Å². The number of hydrogen-bond acceptors (Lipinski definition) is 3. The molecule has 3 aromatic rings. The Bertz CT molecular complexity index is 963. The molecule has 1 aromatic carbocycles. The highest BCUT2D eigenvalue weighted by atomic mass is 19.1. The lowest BCUT2D eigenvalue weighted by molar-refractivity contribution is -0.135. The third-order valence-corrected chi connectivity index (χ3v) is 5.05. The van der Waals surface area contributed by atoms with Crippen molar-refractivity contribution < 1.29 is 13.9 Å². The van der Waals surface area contributed by atoms with Crippen LogP contribution in [0.15, 0.2) is 48.8 Å². The molecule has 1 aliphatic heterocycles. The summed E-state index contributed by atoms with van der Waals surface area (Å²) in [6.45, 7) is 4.33. The van der Waals surface area contributed by atoms with Crippen molar-refractivity contribution in [3.05, 3.63) is 71.4 Å². The van der Waals surface area contributed by atoms with Gasteiger partial charge in [0, 0.05) is 37.8 Å². The number of aryl methyl sites for hydroxylation is 1. The highest BCUT2D eigenvalue weighted by molar-refractivity contribution is 5.78. The lowest BCUT2D eigenvalue weighted by Gasteiger charge is -2.28. The summed E-state index contributed by atoms with van der Waals surface area (Å²) in [6.07, 6.45) is 4.01. The fraction of sp³-hybridized carbons (Fsp3) is 0.333. The van der Waals surface area contributed by atoms with Gasteiger partial charge >= 0.3 is 0 Å². The quantitative estimate of drug-likeness (QED) is 0.712. The number of benzene rings is 1. The zero-order valence-electron chi connectivity index (χ0n) is 15.3.